The lowest BCUT2D eigenvalue weighted by Crippen LogP contribution is -2.57. The van der Waals surface area contributed by atoms with Gasteiger partial charge in [0.2, 0.25) is 0 Å². The molecule has 1 aliphatic heterocycles. The number of ether oxygens (including phenoxy) is 1. The van der Waals surface area contributed by atoms with Crippen molar-refractivity contribution in [2.45, 2.75) is 45.2 Å². The molecule has 2 N–H and O–H groups in total. The summed E-state index contributed by atoms with van der Waals surface area (Å²) in [5, 5.41) is 14.3. The molecule has 3 atom stereocenters. The zero-order valence-electron chi connectivity index (χ0n) is 17.3. The number of carbonyl (C=O) groups is 1. The lowest BCUT2D eigenvalue weighted by molar-refractivity contribution is -0.131. The van der Waals surface area contributed by atoms with E-state index in [2.05, 4.69) is 27.3 Å². The fraction of sp³-hybridized carbons (Fsp3) is 0.333. The molecular weight excluding hydrogens is 378 g/mol. The Kier molecular flexibility index (Phi) is 5.97. The molecule has 3 aromatic rings. The van der Waals surface area contributed by atoms with Crippen LogP contribution in [0.4, 0.5) is 0 Å². The number of aromatic nitrogens is 1. The maximum Gasteiger partial charge on any atom is 0.262 e. The van der Waals surface area contributed by atoms with Crippen molar-refractivity contribution in [1.82, 2.24) is 15.2 Å². The number of amides is 1. The van der Waals surface area contributed by atoms with Crippen molar-refractivity contribution in [2.75, 3.05) is 6.54 Å². The number of rotatable bonds is 6. The molecular formula is C24H27N3O3. The highest BCUT2D eigenvalue weighted by atomic mass is 16.5. The van der Waals surface area contributed by atoms with Crippen LogP contribution in [-0.4, -0.2) is 45.8 Å². The van der Waals surface area contributed by atoms with Gasteiger partial charge in [-0.2, -0.15) is 0 Å². The van der Waals surface area contributed by atoms with E-state index < -0.39 is 18.4 Å². The minimum absolute atomic E-state index is 0.271. The number of hydrogen-bond donors (Lipinski definition) is 2. The molecule has 1 aromatic heterocycles. The Morgan fingerprint density at radius 1 is 1.10 bits per heavy atom. The topological polar surface area (TPSA) is 74.7 Å². The number of nitrogens with one attached hydrogen (secondary N) is 1. The van der Waals surface area contributed by atoms with Crippen LogP contribution in [0, 0.1) is 0 Å². The van der Waals surface area contributed by atoms with Gasteiger partial charge >= 0.3 is 0 Å². The summed E-state index contributed by atoms with van der Waals surface area (Å²) in [6.45, 7) is 4.87. The quantitative estimate of drug-likeness (QED) is 0.660. The lowest BCUT2D eigenvalue weighted by atomic mass is 9.99. The fourth-order valence-corrected chi connectivity index (χ4v) is 3.95. The van der Waals surface area contributed by atoms with E-state index in [0.717, 1.165) is 23.9 Å². The van der Waals surface area contributed by atoms with Crippen LogP contribution in [-0.2, 0) is 17.8 Å². The third kappa shape index (κ3) is 4.30. The van der Waals surface area contributed by atoms with Crippen molar-refractivity contribution in [3.63, 3.8) is 0 Å². The molecule has 0 bridgehead atoms. The predicted molar refractivity (Wildman–Crippen MR) is 116 cm³/mol. The number of aliphatic hydroxyl groups excluding tert-OH is 1. The average Bonchev–Trinajstić information content (AvgIpc) is 2.77. The maximum atomic E-state index is 12.9. The predicted octanol–water partition coefficient (Wildman–Crippen LogP) is 2.88. The summed E-state index contributed by atoms with van der Waals surface area (Å²) in [7, 11) is 0. The van der Waals surface area contributed by atoms with E-state index in [1.54, 1.807) is 20.0 Å². The highest BCUT2D eigenvalue weighted by Gasteiger charge is 2.30. The van der Waals surface area contributed by atoms with Crippen molar-refractivity contribution in [3.05, 3.63) is 71.9 Å². The summed E-state index contributed by atoms with van der Waals surface area (Å²) < 4.78 is 5.94. The molecule has 2 aromatic carbocycles. The number of nitrogens with zero attached hydrogens (tertiary/aromatic N) is 2. The number of pyridine rings is 1. The first-order valence-electron chi connectivity index (χ1n) is 10.3. The summed E-state index contributed by atoms with van der Waals surface area (Å²) in [5.41, 5.74) is 3.28. The highest BCUT2D eigenvalue weighted by molar-refractivity contribution is 5.85. The van der Waals surface area contributed by atoms with Gasteiger partial charge in [0.05, 0.1) is 6.10 Å². The molecule has 6 nitrogen and oxygen atoms in total. The van der Waals surface area contributed by atoms with Crippen molar-refractivity contribution in [1.29, 1.82) is 0 Å². The zero-order chi connectivity index (χ0) is 21.1. The summed E-state index contributed by atoms with van der Waals surface area (Å²) in [5.74, 6) is 0.295. The monoisotopic (exact) mass is 405 g/mol. The first kappa shape index (κ1) is 20.3. The van der Waals surface area contributed by atoms with Crippen molar-refractivity contribution >= 4 is 16.8 Å². The van der Waals surface area contributed by atoms with E-state index in [0.29, 0.717) is 12.3 Å². The van der Waals surface area contributed by atoms with Crippen LogP contribution in [0.1, 0.15) is 25.0 Å². The van der Waals surface area contributed by atoms with Gasteiger partial charge in [0, 0.05) is 24.7 Å². The molecule has 0 saturated carbocycles. The molecule has 4 rings (SSSR count). The van der Waals surface area contributed by atoms with Crippen molar-refractivity contribution < 1.29 is 14.6 Å². The molecule has 30 heavy (non-hydrogen) atoms. The van der Waals surface area contributed by atoms with Gasteiger partial charge in [-0.05, 0) is 43.5 Å². The fourth-order valence-electron chi connectivity index (χ4n) is 3.95. The minimum Gasteiger partial charge on any atom is -0.479 e. The number of fused-ring (bicyclic) bond motifs is 2. The smallest absolute Gasteiger partial charge is 0.262 e. The largest absolute Gasteiger partial charge is 0.479 e. The Morgan fingerprint density at radius 3 is 2.67 bits per heavy atom. The Morgan fingerprint density at radius 2 is 1.87 bits per heavy atom. The van der Waals surface area contributed by atoms with Crippen molar-refractivity contribution in [2.24, 2.45) is 0 Å². The molecule has 0 spiro atoms. The average molecular weight is 405 g/mol. The van der Waals surface area contributed by atoms with E-state index in [-0.39, 0.29) is 5.91 Å². The zero-order valence-corrected chi connectivity index (χ0v) is 17.3. The standard InChI is InChI=1S/C24H27N3O3/c1-16(28)23(27-14-12-18-7-3-4-8-20(18)15-27)26-24(29)17(2)30-21-11-5-9-19-10-6-13-25-22(19)21/h3-11,13,16-17,23,28H,12,14-15H2,1-2H3,(H,26,29)/t16?,17-,23?/m0/s1. The molecule has 0 radical (unpaired) electrons. The van der Waals surface area contributed by atoms with Gasteiger partial charge in [0.1, 0.15) is 17.4 Å². The first-order chi connectivity index (χ1) is 14.5. The van der Waals surface area contributed by atoms with Crippen LogP contribution in [0.2, 0.25) is 0 Å². The van der Waals surface area contributed by atoms with Crippen molar-refractivity contribution in [3.8, 4) is 5.75 Å². The van der Waals surface area contributed by atoms with E-state index in [9.17, 15) is 9.90 Å². The molecule has 1 amide bonds. The Balaban J connectivity index is 1.45. The van der Waals surface area contributed by atoms with Gasteiger partial charge < -0.3 is 15.2 Å². The Bertz CT molecular complexity index is 1030. The maximum absolute atomic E-state index is 12.9. The molecule has 6 heteroatoms. The number of benzene rings is 2. The number of carbonyl (C=O) groups excluding carboxylic acids is 1. The van der Waals surface area contributed by atoms with Crippen LogP contribution >= 0.6 is 0 Å². The first-order valence-corrected chi connectivity index (χ1v) is 10.3. The van der Waals surface area contributed by atoms with Crippen LogP contribution in [0.15, 0.2) is 60.8 Å². The van der Waals surface area contributed by atoms with Gasteiger partial charge in [0.25, 0.3) is 5.91 Å². The molecule has 1 aliphatic rings. The molecule has 156 valence electrons. The van der Waals surface area contributed by atoms with Crippen LogP contribution in [0.25, 0.3) is 10.9 Å². The van der Waals surface area contributed by atoms with Gasteiger partial charge in [-0.3, -0.25) is 14.7 Å². The normalized spacial score (nSPS) is 17.0. The molecule has 2 unspecified atom stereocenters. The van der Waals surface area contributed by atoms with Crippen LogP contribution in [0.3, 0.4) is 0 Å². The second-order valence-corrected chi connectivity index (χ2v) is 7.77. The van der Waals surface area contributed by atoms with E-state index in [1.807, 2.05) is 42.5 Å². The Hall–Kier alpha value is -2.96. The minimum atomic E-state index is -0.726. The number of para-hydroxylation sites is 1. The Labute approximate surface area is 176 Å². The summed E-state index contributed by atoms with van der Waals surface area (Å²) >= 11 is 0. The van der Waals surface area contributed by atoms with E-state index >= 15 is 0 Å². The molecule has 0 saturated heterocycles. The van der Waals surface area contributed by atoms with Gasteiger partial charge in [-0.15, -0.1) is 0 Å². The number of hydrogen-bond acceptors (Lipinski definition) is 5. The van der Waals surface area contributed by atoms with E-state index in [4.69, 9.17) is 4.74 Å². The second-order valence-electron chi connectivity index (χ2n) is 7.77. The summed E-state index contributed by atoms with van der Waals surface area (Å²) in [4.78, 5) is 19.4. The van der Waals surface area contributed by atoms with E-state index in [1.165, 1.54) is 11.1 Å². The molecule has 2 heterocycles. The number of aliphatic hydroxyl groups is 1. The van der Waals surface area contributed by atoms with Crippen LogP contribution in [0.5, 0.6) is 5.75 Å². The lowest BCUT2D eigenvalue weighted by Gasteiger charge is -2.37. The molecule has 0 fully saturated rings. The summed E-state index contributed by atoms with van der Waals surface area (Å²) in [6.07, 6.45) is 0.671. The van der Waals surface area contributed by atoms with Gasteiger partial charge in [0.15, 0.2) is 6.10 Å². The second kappa shape index (κ2) is 8.81. The third-order valence-corrected chi connectivity index (χ3v) is 5.57. The molecule has 0 aliphatic carbocycles. The highest BCUT2D eigenvalue weighted by Crippen LogP contribution is 2.24. The van der Waals surface area contributed by atoms with Crippen LogP contribution < -0.4 is 10.1 Å². The van der Waals surface area contributed by atoms with Gasteiger partial charge in [-0.25, -0.2) is 0 Å². The SMILES string of the molecule is CC(O)C(NC(=O)[C@H](C)Oc1cccc2cccnc12)N1CCc2ccccc2C1. The summed E-state index contributed by atoms with van der Waals surface area (Å²) in [6, 6.07) is 17.8. The van der Waals surface area contributed by atoms with Gasteiger partial charge in [-0.1, -0.05) is 42.5 Å². The third-order valence-electron chi connectivity index (χ3n) is 5.57.